The van der Waals surface area contributed by atoms with Gasteiger partial charge in [-0.05, 0) is 37.5 Å². The van der Waals surface area contributed by atoms with Gasteiger partial charge in [-0.2, -0.15) is 0 Å². The molecule has 0 spiro atoms. The summed E-state index contributed by atoms with van der Waals surface area (Å²) in [7, 11) is 0. The van der Waals surface area contributed by atoms with E-state index in [2.05, 4.69) is 10.3 Å². The molecule has 23 heavy (non-hydrogen) atoms. The molecular weight excluding hydrogens is 292 g/mol. The summed E-state index contributed by atoms with van der Waals surface area (Å²) in [4.78, 5) is 16.1. The van der Waals surface area contributed by atoms with Crippen molar-refractivity contribution in [1.82, 2.24) is 4.98 Å². The molecular formula is C18H20N2O3. The van der Waals surface area contributed by atoms with Crippen molar-refractivity contribution in [2.75, 3.05) is 11.9 Å². The minimum atomic E-state index is -0.00418. The summed E-state index contributed by atoms with van der Waals surface area (Å²) in [6.07, 6.45) is 5.30. The van der Waals surface area contributed by atoms with Crippen LogP contribution in [0.25, 0.3) is 0 Å². The number of nitrogens with one attached hydrogen (secondary N) is 1. The number of hydrogen-bond acceptors (Lipinski definition) is 4. The first-order valence-electron chi connectivity index (χ1n) is 7.90. The van der Waals surface area contributed by atoms with Gasteiger partial charge in [-0.1, -0.05) is 12.1 Å². The first-order valence-corrected chi connectivity index (χ1v) is 7.90. The second-order valence-corrected chi connectivity index (χ2v) is 5.52. The van der Waals surface area contributed by atoms with Crippen molar-refractivity contribution in [2.45, 2.75) is 31.8 Å². The van der Waals surface area contributed by atoms with Crippen molar-refractivity contribution in [3.05, 3.63) is 48.7 Å². The van der Waals surface area contributed by atoms with E-state index in [1.54, 1.807) is 18.3 Å². The van der Waals surface area contributed by atoms with E-state index in [1.807, 2.05) is 30.3 Å². The summed E-state index contributed by atoms with van der Waals surface area (Å²) in [5, 5.41) is 2.90. The first-order chi connectivity index (χ1) is 11.3. The molecule has 1 fully saturated rings. The van der Waals surface area contributed by atoms with Crippen molar-refractivity contribution >= 4 is 11.6 Å². The van der Waals surface area contributed by atoms with Gasteiger partial charge < -0.3 is 14.8 Å². The highest BCUT2D eigenvalue weighted by atomic mass is 16.5. The molecule has 120 valence electrons. The minimum Gasteiger partial charge on any atom is -0.439 e. The van der Waals surface area contributed by atoms with Crippen molar-refractivity contribution in [2.24, 2.45) is 0 Å². The molecule has 3 rings (SSSR count). The number of rotatable bonds is 6. The summed E-state index contributed by atoms with van der Waals surface area (Å²) in [5.41, 5.74) is 0.718. The lowest BCUT2D eigenvalue weighted by atomic mass is 10.1. The van der Waals surface area contributed by atoms with Gasteiger partial charge in [0.05, 0.1) is 6.10 Å². The number of ether oxygens (including phenoxy) is 2. The molecule has 5 nitrogen and oxygen atoms in total. The van der Waals surface area contributed by atoms with Crippen LogP contribution in [0.15, 0.2) is 48.7 Å². The Bertz CT molecular complexity index is 640. The third-order valence-corrected chi connectivity index (χ3v) is 3.70. The lowest BCUT2D eigenvalue weighted by Crippen LogP contribution is -2.15. The van der Waals surface area contributed by atoms with Crippen LogP contribution in [0.3, 0.4) is 0 Å². The fourth-order valence-electron chi connectivity index (χ4n) is 2.55. The number of benzene rings is 1. The SMILES string of the molecule is O=C(CCC1CCCO1)Nc1cccc(Oc2ccccn2)c1. The average Bonchev–Trinajstić information content (AvgIpc) is 3.08. The van der Waals surface area contributed by atoms with Gasteiger partial charge in [-0.3, -0.25) is 4.79 Å². The number of aromatic nitrogens is 1. The normalized spacial score (nSPS) is 17.0. The summed E-state index contributed by atoms with van der Waals surface area (Å²) >= 11 is 0. The molecule has 0 radical (unpaired) electrons. The van der Waals surface area contributed by atoms with Crippen molar-refractivity contribution in [3.63, 3.8) is 0 Å². The van der Waals surface area contributed by atoms with Crippen LogP contribution in [0, 0.1) is 0 Å². The fraction of sp³-hybridized carbons (Fsp3) is 0.333. The second kappa shape index (κ2) is 7.74. The highest BCUT2D eigenvalue weighted by Crippen LogP contribution is 2.23. The molecule has 1 aliphatic rings. The summed E-state index contributed by atoms with van der Waals surface area (Å²) < 4.78 is 11.2. The van der Waals surface area contributed by atoms with E-state index >= 15 is 0 Å². The number of carbonyl (C=O) groups excluding carboxylic acids is 1. The van der Waals surface area contributed by atoms with E-state index in [1.165, 1.54) is 0 Å². The zero-order valence-corrected chi connectivity index (χ0v) is 12.9. The zero-order chi connectivity index (χ0) is 15.9. The van der Waals surface area contributed by atoms with Gasteiger partial charge in [0.1, 0.15) is 5.75 Å². The number of anilines is 1. The number of amides is 1. The van der Waals surface area contributed by atoms with Crippen LogP contribution in [0.5, 0.6) is 11.6 Å². The Morgan fingerprint density at radius 3 is 3.04 bits per heavy atom. The number of nitrogens with zero attached hydrogens (tertiary/aromatic N) is 1. The van der Waals surface area contributed by atoms with Crippen LogP contribution in [0.4, 0.5) is 5.69 Å². The van der Waals surface area contributed by atoms with Crippen LogP contribution < -0.4 is 10.1 Å². The highest BCUT2D eigenvalue weighted by Gasteiger charge is 2.16. The number of hydrogen-bond donors (Lipinski definition) is 1. The molecule has 2 heterocycles. The molecule has 1 amide bonds. The standard InChI is InChI=1S/C18H20N2O3/c21-17(10-9-15-7-4-12-22-15)20-14-5-3-6-16(13-14)23-18-8-1-2-11-19-18/h1-3,5-6,8,11,13,15H,4,7,9-10,12H2,(H,20,21). The molecule has 1 aliphatic heterocycles. The lowest BCUT2D eigenvalue weighted by Gasteiger charge is -2.10. The maximum absolute atomic E-state index is 12.0. The quantitative estimate of drug-likeness (QED) is 0.882. The molecule has 1 N–H and O–H groups in total. The van der Waals surface area contributed by atoms with Crippen LogP contribution in [-0.2, 0) is 9.53 Å². The molecule has 0 saturated carbocycles. The van der Waals surface area contributed by atoms with Crippen LogP contribution >= 0.6 is 0 Å². The Hall–Kier alpha value is -2.40. The van der Waals surface area contributed by atoms with Crippen molar-refractivity contribution in [3.8, 4) is 11.6 Å². The van der Waals surface area contributed by atoms with Crippen LogP contribution in [-0.4, -0.2) is 23.6 Å². The largest absolute Gasteiger partial charge is 0.439 e. The van der Waals surface area contributed by atoms with Gasteiger partial charge in [0, 0.05) is 37.0 Å². The molecule has 1 aromatic carbocycles. The molecule has 0 aliphatic carbocycles. The van der Waals surface area contributed by atoms with E-state index in [0.717, 1.165) is 31.6 Å². The third-order valence-electron chi connectivity index (χ3n) is 3.70. The second-order valence-electron chi connectivity index (χ2n) is 5.52. The van der Waals surface area contributed by atoms with Gasteiger partial charge in [-0.25, -0.2) is 4.98 Å². The van der Waals surface area contributed by atoms with E-state index in [-0.39, 0.29) is 12.0 Å². The Morgan fingerprint density at radius 1 is 1.30 bits per heavy atom. The predicted octanol–water partition coefficient (Wildman–Crippen LogP) is 3.77. The van der Waals surface area contributed by atoms with Crippen LogP contribution in [0.2, 0.25) is 0 Å². The number of pyridine rings is 1. The van der Waals surface area contributed by atoms with E-state index < -0.39 is 0 Å². The molecule has 1 aromatic heterocycles. The van der Waals surface area contributed by atoms with Crippen molar-refractivity contribution in [1.29, 1.82) is 0 Å². The fourth-order valence-corrected chi connectivity index (χ4v) is 2.55. The summed E-state index contributed by atoms with van der Waals surface area (Å²) in [6, 6.07) is 12.8. The maximum atomic E-state index is 12.0. The summed E-state index contributed by atoms with van der Waals surface area (Å²) in [6.45, 7) is 0.819. The smallest absolute Gasteiger partial charge is 0.224 e. The topological polar surface area (TPSA) is 60.5 Å². The Balaban J connectivity index is 1.53. The van der Waals surface area contributed by atoms with Gasteiger partial charge >= 0.3 is 0 Å². The third kappa shape index (κ3) is 4.79. The Labute approximate surface area is 135 Å². The molecule has 5 heteroatoms. The minimum absolute atomic E-state index is 0.00418. The van der Waals surface area contributed by atoms with E-state index in [9.17, 15) is 4.79 Å². The summed E-state index contributed by atoms with van der Waals surface area (Å²) in [5.74, 6) is 1.16. The molecule has 1 unspecified atom stereocenters. The van der Waals surface area contributed by atoms with E-state index in [0.29, 0.717) is 18.1 Å². The number of carbonyl (C=O) groups is 1. The Morgan fingerprint density at radius 2 is 2.26 bits per heavy atom. The Kier molecular flexibility index (Phi) is 5.21. The van der Waals surface area contributed by atoms with Gasteiger partial charge in [0.15, 0.2) is 0 Å². The van der Waals surface area contributed by atoms with Gasteiger partial charge in [-0.15, -0.1) is 0 Å². The van der Waals surface area contributed by atoms with Crippen LogP contribution in [0.1, 0.15) is 25.7 Å². The van der Waals surface area contributed by atoms with Gasteiger partial charge in [0.2, 0.25) is 11.8 Å². The van der Waals surface area contributed by atoms with Crippen molar-refractivity contribution < 1.29 is 14.3 Å². The van der Waals surface area contributed by atoms with Gasteiger partial charge in [0.25, 0.3) is 0 Å². The molecule has 1 saturated heterocycles. The molecule has 1 atom stereocenters. The first kappa shape index (κ1) is 15.5. The lowest BCUT2D eigenvalue weighted by molar-refractivity contribution is -0.116. The molecule has 2 aromatic rings. The zero-order valence-electron chi connectivity index (χ0n) is 12.9. The van der Waals surface area contributed by atoms with E-state index in [4.69, 9.17) is 9.47 Å². The highest BCUT2D eigenvalue weighted by molar-refractivity contribution is 5.90. The molecule has 0 bridgehead atoms. The average molecular weight is 312 g/mol. The monoisotopic (exact) mass is 312 g/mol. The predicted molar refractivity (Wildman–Crippen MR) is 87.6 cm³/mol. The maximum Gasteiger partial charge on any atom is 0.224 e.